The highest BCUT2D eigenvalue weighted by Gasteiger charge is 2.20. The molecular formula is C10H7ClF2N2O. The minimum absolute atomic E-state index is 0.0116. The van der Waals surface area contributed by atoms with E-state index in [0.717, 1.165) is 0 Å². The minimum atomic E-state index is -2.69. The summed E-state index contributed by atoms with van der Waals surface area (Å²) in [5, 5.41) is 3.43. The van der Waals surface area contributed by atoms with Crippen LogP contribution in [0.4, 0.5) is 14.6 Å². The molecule has 16 heavy (non-hydrogen) atoms. The van der Waals surface area contributed by atoms with E-state index in [1.807, 2.05) is 0 Å². The van der Waals surface area contributed by atoms with Crippen molar-refractivity contribution in [1.82, 2.24) is 5.16 Å². The number of nitrogens with zero attached hydrogens (tertiary/aromatic N) is 1. The summed E-state index contributed by atoms with van der Waals surface area (Å²) in [6.45, 7) is 0. The van der Waals surface area contributed by atoms with Gasteiger partial charge in [0, 0.05) is 17.2 Å². The van der Waals surface area contributed by atoms with E-state index in [2.05, 4.69) is 5.16 Å². The van der Waals surface area contributed by atoms with Gasteiger partial charge >= 0.3 is 0 Å². The maximum Gasteiger partial charge on any atom is 0.266 e. The second-order valence-electron chi connectivity index (χ2n) is 3.12. The summed E-state index contributed by atoms with van der Waals surface area (Å²) in [5.41, 5.74) is 5.28. The average Bonchev–Trinajstić information content (AvgIpc) is 2.63. The largest absolute Gasteiger partial charge is 0.381 e. The number of rotatable bonds is 2. The molecule has 6 heteroatoms. The number of alkyl halides is 2. The Hall–Kier alpha value is -1.62. The molecular weight excluding hydrogens is 238 g/mol. The Morgan fingerprint density at radius 2 is 2.12 bits per heavy atom. The number of hydrogen-bond donors (Lipinski definition) is 1. The molecule has 0 amide bonds. The molecule has 2 aromatic rings. The fourth-order valence-corrected chi connectivity index (χ4v) is 1.65. The lowest BCUT2D eigenvalue weighted by Crippen LogP contribution is -1.90. The predicted molar refractivity (Wildman–Crippen MR) is 56.3 cm³/mol. The van der Waals surface area contributed by atoms with Crippen molar-refractivity contribution in [2.24, 2.45) is 0 Å². The molecule has 1 aromatic heterocycles. The van der Waals surface area contributed by atoms with Gasteiger partial charge in [0.1, 0.15) is 0 Å². The summed E-state index contributed by atoms with van der Waals surface area (Å²) < 4.78 is 30.4. The first-order valence-electron chi connectivity index (χ1n) is 4.38. The van der Waals surface area contributed by atoms with E-state index in [4.69, 9.17) is 21.9 Å². The highest BCUT2D eigenvalue weighted by Crippen LogP contribution is 2.36. The van der Waals surface area contributed by atoms with Crippen LogP contribution in [-0.4, -0.2) is 5.16 Å². The molecule has 0 unspecified atom stereocenters. The van der Waals surface area contributed by atoms with Crippen molar-refractivity contribution in [2.45, 2.75) is 6.43 Å². The van der Waals surface area contributed by atoms with Gasteiger partial charge in [-0.3, -0.25) is 0 Å². The predicted octanol–water partition coefficient (Wildman–Crippen LogP) is 3.51. The van der Waals surface area contributed by atoms with E-state index in [1.165, 1.54) is 18.2 Å². The van der Waals surface area contributed by atoms with Crippen molar-refractivity contribution in [3.63, 3.8) is 0 Å². The fraction of sp³-hybridized carbons (Fsp3) is 0.100. The number of anilines is 1. The lowest BCUT2D eigenvalue weighted by molar-refractivity contribution is 0.152. The highest BCUT2D eigenvalue weighted by atomic mass is 35.5. The molecule has 84 valence electrons. The smallest absolute Gasteiger partial charge is 0.266 e. The number of aromatic nitrogens is 1. The molecule has 0 bridgehead atoms. The SMILES string of the molecule is Nc1cc(-c2cccc(Cl)c2C(F)F)on1. The van der Waals surface area contributed by atoms with Gasteiger partial charge in [-0.05, 0) is 6.07 Å². The number of nitrogens with two attached hydrogens (primary N) is 1. The van der Waals surface area contributed by atoms with Gasteiger partial charge in [-0.2, -0.15) is 0 Å². The third-order valence-corrected chi connectivity index (χ3v) is 2.39. The first-order chi connectivity index (χ1) is 7.59. The van der Waals surface area contributed by atoms with Crippen LogP contribution in [0, 0.1) is 0 Å². The fourth-order valence-electron chi connectivity index (χ4n) is 1.39. The summed E-state index contributed by atoms with van der Waals surface area (Å²) >= 11 is 5.71. The van der Waals surface area contributed by atoms with E-state index in [1.54, 1.807) is 6.07 Å². The maximum absolute atomic E-state index is 12.8. The van der Waals surface area contributed by atoms with Gasteiger partial charge in [0.2, 0.25) is 0 Å². The summed E-state index contributed by atoms with van der Waals surface area (Å²) in [4.78, 5) is 0. The quantitative estimate of drug-likeness (QED) is 0.879. The van der Waals surface area contributed by atoms with E-state index in [-0.39, 0.29) is 27.7 Å². The number of benzene rings is 1. The Kier molecular flexibility index (Phi) is 2.78. The van der Waals surface area contributed by atoms with Gasteiger partial charge in [0.05, 0.1) is 5.02 Å². The van der Waals surface area contributed by atoms with Crippen molar-refractivity contribution in [1.29, 1.82) is 0 Å². The number of hydrogen-bond acceptors (Lipinski definition) is 3. The molecule has 0 aliphatic carbocycles. The van der Waals surface area contributed by atoms with Gasteiger partial charge in [-0.15, -0.1) is 0 Å². The van der Waals surface area contributed by atoms with E-state index >= 15 is 0 Å². The lowest BCUT2D eigenvalue weighted by Gasteiger charge is -2.07. The molecule has 0 saturated heterocycles. The second kappa shape index (κ2) is 4.09. The van der Waals surface area contributed by atoms with Crippen LogP contribution in [0.2, 0.25) is 5.02 Å². The summed E-state index contributed by atoms with van der Waals surface area (Å²) in [6.07, 6.45) is -2.69. The van der Waals surface area contributed by atoms with Gasteiger partial charge < -0.3 is 10.3 Å². The minimum Gasteiger partial charge on any atom is -0.381 e. The zero-order valence-electron chi connectivity index (χ0n) is 7.95. The standard InChI is InChI=1S/C10H7ClF2N2O/c11-6-3-1-2-5(9(6)10(12)13)7-4-8(14)15-16-7/h1-4,10H,(H2,14,15). The van der Waals surface area contributed by atoms with Crippen LogP contribution in [-0.2, 0) is 0 Å². The molecule has 0 radical (unpaired) electrons. The molecule has 0 saturated carbocycles. The maximum atomic E-state index is 12.8. The van der Waals surface area contributed by atoms with Gasteiger partial charge in [-0.25, -0.2) is 8.78 Å². The molecule has 2 rings (SSSR count). The van der Waals surface area contributed by atoms with Crippen molar-refractivity contribution in [3.8, 4) is 11.3 Å². The normalized spacial score (nSPS) is 11.0. The number of halogens is 3. The Morgan fingerprint density at radius 1 is 1.38 bits per heavy atom. The van der Waals surface area contributed by atoms with Crippen molar-refractivity contribution in [3.05, 3.63) is 34.9 Å². The van der Waals surface area contributed by atoms with Crippen LogP contribution in [0.5, 0.6) is 0 Å². The summed E-state index contributed by atoms with van der Waals surface area (Å²) in [7, 11) is 0. The van der Waals surface area contributed by atoms with E-state index < -0.39 is 6.43 Å². The van der Waals surface area contributed by atoms with Crippen molar-refractivity contribution >= 4 is 17.4 Å². The molecule has 0 aliphatic rings. The van der Waals surface area contributed by atoms with Crippen LogP contribution < -0.4 is 5.73 Å². The van der Waals surface area contributed by atoms with Crippen LogP contribution in [0.15, 0.2) is 28.8 Å². The summed E-state index contributed by atoms with van der Waals surface area (Å²) in [5.74, 6) is 0.311. The van der Waals surface area contributed by atoms with E-state index in [0.29, 0.717) is 0 Å². The number of nitrogen functional groups attached to an aromatic ring is 1. The molecule has 0 aliphatic heterocycles. The van der Waals surface area contributed by atoms with Crippen molar-refractivity contribution < 1.29 is 13.3 Å². The third kappa shape index (κ3) is 1.86. The highest BCUT2D eigenvalue weighted by molar-refractivity contribution is 6.31. The Morgan fingerprint density at radius 3 is 2.69 bits per heavy atom. The molecule has 3 nitrogen and oxygen atoms in total. The summed E-state index contributed by atoms with van der Waals surface area (Å²) in [6, 6.07) is 5.80. The van der Waals surface area contributed by atoms with Crippen LogP contribution in [0.3, 0.4) is 0 Å². The van der Waals surface area contributed by atoms with Gasteiger partial charge in [-0.1, -0.05) is 28.9 Å². The zero-order chi connectivity index (χ0) is 11.7. The first kappa shape index (κ1) is 10.9. The molecule has 0 atom stereocenters. The molecule has 1 heterocycles. The third-order valence-electron chi connectivity index (χ3n) is 2.06. The van der Waals surface area contributed by atoms with Gasteiger partial charge in [0.15, 0.2) is 11.6 Å². The monoisotopic (exact) mass is 244 g/mol. The van der Waals surface area contributed by atoms with E-state index in [9.17, 15) is 8.78 Å². The van der Waals surface area contributed by atoms with Crippen molar-refractivity contribution in [2.75, 3.05) is 5.73 Å². The van der Waals surface area contributed by atoms with Crippen LogP contribution >= 0.6 is 11.6 Å². The lowest BCUT2D eigenvalue weighted by atomic mass is 10.1. The topological polar surface area (TPSA) is 52.0 Å². The Bertz CT molecular complexity index is 513. The zero-order valence-corrected chi connectivity index (χ0v) is 8.71. The molecule has 0 spiro atoms. The average molecular weight is 245 g/mol. The molecule has 2 N–H and O–H groups in total. The Balaban J connectivity index is 2.60. The van der Waals surface area contributed by atoms with Crippen LogP contribution in [0.1, 0.15) is 12.0 Å². The van der Waals surface area contributed by atoms with Crippen LogP contribution in [0.25, 0.3) is 11.3 Å². The second-order valence-corrected chi connectivity index (χ2v) is 3.52. The molecule has 0 fully saturated rings. The molecule has 1 aromatic carbocycles. The van der Waals surface area contributed by atoms with Gasteiger partial charge in [0.25, 0.3) is 6.43 Å². The first-order valence-corrected chi connectivity index (χ1v) is 4.76. The Labute approximate surface area is 94.8 Å².